The van der Waals surface area contributed by atoms with Crippen molar-refractivity contribution in [3.05, 3.63) is 48.7 Å². The molecule has 4 heterocycles. The van der Waals surface area contributed by atoms with Crippen molar-refractivity contribution in [2.75, 3.05) is 31.1 Å². The number of nitrogens with zero attached hydrogens (tertiary/aromatic N) is 5. The van der Waals surface area contributed by atoms with Crippen LogP contribution in [0.15, 0.2) is 43.0 Å². The highest BCUT2D eigenvalue weighted by Crippen LogP contribution is 2.32. The molecule has 2 saturated heterocycles. The molecule has 0 spiro atoms. The average molecular weight is 309 g/mol. The Hall–Kier alpha value is -2.01. The summed E-state index contributed by atoms with van der Waals surface area (Å²) in [5.41, 5.74) is 1.19. The second-order valence-electron chi connectivity index (χ2n) is 6.52. The highest BCUT2D eigenvalue weighted by Gasteiger charge is 2.38. The van der Waals surface area contributed by atoms with Gasteiger partial charge in [0.25, 0.3) is 0 Å². The van der Waals surface area contributed by atoms with Gasteiger partial charge in [0.1, 0.15) is 5.82 Å². The second kappa shape index (κ2) is 6.62. The number of rotatable bonds is 4. The Balaban J connectivity index is 1.40. The lowest BCUT2D eigenvalue weighted by Gasteiger charge is -2.39. The smallest absolute Gasteiger partial charge is 0.147 e. The third-order valence-electron chi connectivity index (χ3n) is 5.23. The number of hydrogen-bond donors (Lipinski definition) is 0. The topological polar surface area (TPSA) is 45.2 Å². The number of pyridine rings is 1. The lowest BCUT2D eigenvalue weighted by Crippen LogP contribution is -2.48. The molecule has 0 bridgehead atoms. The zero-order chi connectivity index (χ0) is 15.5. The van der Waals surface area contributed by atoms with Crippen LogP contribution in [0.25, 0.3) is 0 Å². The molecule has 0 aromatic carbocycles. The quantitative estimate of drug-likeness (QED) is 0.864. The van der Waals surface area contributed by atoms with Crippen LogP contribution in [0.2, 0.25) is 0 Å². The van der Waals surface area contributed by atoms with E-state index in [2.05, 4.69) is 36.9 Å². The molecule has 0 aliphatic carbocycles. The molecule has 0 saturated carbocycles. The van der Waals surface area contributed by atoms with E-state index in [0.717, 1.165) is 37.8 Å². The fourth-order valence-electron chi connectivity index (χ4n) is 3.97. The SMILES string of the molecule is c1ccc(CCN2CCC3CCN(c4cnccn4)CC32)nc1. The van der Waals surface area contributed by atoms with E-state index in [1.807, 2.05) is 18.5 Å². The molecule has 2 unspecified atom stereocenters. The lowest BCUT2D eigenvalue weighted by molar-refractivity contribution is 0.209. The number of aromatic nitrogens is 3. The van der Waals surface area contributed by atoms with E-state index >= 15 is 0 Å². The Kier molecular flexibility index (Phi) is 4.20. The van der Waals surface area contributed by atoms with Crippen LogP contribution < -0.4 is 4.90 Å². The van der Waals surface area contributed by atoms with Gasteiger partial charge in [-0.15, -0.1) is 0 Å². The molecular weight excluding hydrogens is 286 g/mol. The van der Waals surface area contributed by atoms with E-state index in [9.17, 15) is 0 Å². The van der Waals surface area contributed by atoms with Gasteiger partial charge in [-0.2, -0.15) is 0 Å². The summed E-state index contributed by atoms with van der Waals surface area (Å²) < 4.78 is 0. The standard InChI is InChI=1S/C18H23N5/c1-2-7-20-16(3-1)6-12-22-10-4-15-5-11-23(14-17(15)22)18-13-19-8-9-21-18/h1-3,7-9,13,15,17H,4-6,10-12,14H2. The number of fused-ring (bicyclic) bond motifs is 1. The fourth-order valence-corrected chi connectivity index (χ4v) is 3.97. The minimum atomic E-state index is 0.648. The van der Waals surface area contributed by atoms with Gasteiger partial charge in [0.2, 0.25) is 0 Å². The third kappa shape index (κ3) is 3.20. The summed E-state index contributed by atoms with van der Waals surface area (Å²) in [5, 5.41) is 0. The largest absolute Gasteiger partial charge is 0.354 e. The molecule has 2 fully saturated rings. The molecule has 5 nitrogen and oxygen atoms in total. The van der Waals surface area contributed by atoms with E-state index in [-0.39, 0.29) is 0 Å². The fraction of sp³-hybridized carbons (Fsp3) is 0.500. The average Bonchev–Trinajstić information content (AvgIpc) is 3.04. The Labute approximate surface area is 137 Å². The molecule has 0 radical (unpaired) electrons. The maximum Gasteiger partial charge on any atom is 0.147 e. The molecule has 5 heteroatoms. The summed E-state index contributed by atoms with van der Waals surface area (Å²) in [5.74, 6) is 1.86. The first-order valence-electron chi connectivity index (χ1n) is 8.55. The molecule has 2 aromatic rings. The monoisotopic (exact) mass is 309 g/mol. The molecule has 120 valence electrons. The van der Waals surface area contributed by atoms with E-state index in [0.29, 0.717) is 6.04 Å². The highest BCUT2D eigenvalue weighted by molar-refractivity contribution is 5.36. The number of hydrogen-bond acceptors (Lipinski definition) is 5. The number of piperidine rings is 1. The normalized spacial score (nSPS) is 24.6. The first-order chi connectivity index (χ1) is 11.4. The highest BCUT2D eigenvalue weighted by atomic mass is 15.3. The molecule has 2 aliphatic rings. The van der Waals surface area contributed by atoms with E-state index in [1.54, 1.807) is 12.4 Å². The van der Waals surface area contributed by atoms with Crippen LogP contribution in [0.4, 0.5) is 5.82 Å². The van der Waals surface area contributed by atoms with Crippen molar-refractivity contribution in [1.82, 2.24) is 19.9 Å². The van der Waals surface area contributed by atoms with Crippen LogP contribution >= 0.6 is 0 Å². The summed E-state index contributed by atoms with van der Waals surface area (Å²) in [6, 6.07) is 6.83. The summed E-state index contributed by atoms with van der Waals surface area (Å²) in [4.78, 5) is 18.2. The molecule has 2 aliphatic heterocycles. The summed E-state index contributed by atoms with van der Waals surface area (Å²) in [6.45, 7) is 4.50. The minimum absolute atomic E-state index is 0.648. The van der Waals surface area contributed by atoms with Crippen LogP contribution in [0.1, 0.15) is 18.5 Å². The van der Waals surface area contributed by atoms with Crippen LogP contribution in [-0.4, -0.2) is 52.1 Å². The van der Waals surface area contributed by atoms with Crippen LogP contribution in [0.5, 0.6) is 0 Å². The van der Waals surface area contributed by atoms with Gasteiger partial charge in [-0.3, -0.25) is 14.9 Å². The summed E-state index contributed by atoms with van der Waals surface area (Å²) in [6.07, 6.45) is 10.9. The van der Waals surface area contributed by atoms with Gasteiger partial charge in [0, 0.05) is 56.4 Å². The molecule has 0 amide bonds. The van der Waals surface area contributed by atoms with E-state index < -0.39 is 0 Å². The van der Waals surface area contributed by atoms with Gasteiger partial charge in [0.05, 0.1) is 6.20 Å². The Morgan fingerprint density at radius 1 is 1.04 bits per heavy atom. The predicted molar refractivity (Wildman–Crippen MR) is 90.3 cm³/mol. The zero-order valence-corrected chi connectivity index (χ0v) is 13.4. The van der Waals surface area contributed by atoms with Gasteiger partial charge in [0.15, 0.2) is 0 Å². The van der Waals surface area contributed by atoms with Crippen molar-refractivity contribution in [1.29, 1.82) is 0 Å². The molecular formula is C18H23N5. The van der Waals surface area contributed by atoms with Crippen molar-refractivity contribution in [2.24, 2.45) is 5.92 Å². The van der Waals surface area contributed by atoms with Gasteiger partial charge in [-0.25, -0.2) is 4.98 Å². The Morgan fingerprint density at radius 2 is 2.00 bits per heavy atom. The van der Waals surface area contributed by atoms with E-state index in [1.165, 1.54) is 25.1 Å². The van der Waals surface area contributed by atoms with Crippen molar-refractivity contribution in [2.45, 2.75) is 25.3 Å². The Bertz CT molecular complexity index is 618. The van der Waals surface area contributed by atoms with Crippen molar-refractivity contribution < 1.29 is 0 Å². The maximum absolute atomic E-state index is 4.47. The number of likely N-dealkylation sites (tertiary alicyclic amines) is 1. The van der Waals surface area contributed by atoms with E-state index in [4.69, 9.17) is 0 Å². The van der Waals surface area contributed by atoms with Gasteiger partial charge < -0.3 is 4.90 Å². The summed E-state index contributed by atoms with van der Waals surface area (Å²) >= 11 is 0. The van der Waals surface area contributed by atoms with Crippen LogP contribution in [0.3, 0.4) is 0 Å². The molecule has 2 aromatic heterocycles. The molecule has 0 N–H and O–H groups in total. The first kappa shape index (κ1) is 14.6. The lowest BCUT2D eigenvalue weighted by atomic mass is 9.92. The molecule has 23 heavy (non-hydrogen) atoms. The van der Waals surface area contributed by atoms with Crippen LogP contribution in [-0.2, 0) is 6.42 Å². The van der Waals surface area contributed by atoms with Gasteiger partial charge in [-0.1, -0.05) is 6.07 Å². The van der Waals surface area contributed by atoms with Crippen LogP contribution in [0, 0.1) is 5.92 Å². The predicted octanol–water partition coefficient (Wildman–Crippen LogP) is 2.01. The van der Waals surface area contributed by atoms with Crippen molar-refractivity contribution in [3.8, 4) is 0 Å². The minimum Gasteiger partial charge on any atom is -0.354 e. The van der Waals surface area contributed by atoms with Gasteiger partial charge in [-0.05, 0) is 37.4 Å². The molecule has 2 atom stereocenters. The second-order valence-corrected chi connectivity index (χ2v) is 6.52. The number of anilines is 1. The first-order valence-corrected chi connectivity index (χ1v) is 8.55. The molecule has 4 rings (SSSR count). The van der Waals surface area contributed by atoms with Crippen molar-refractivity contribution in [3.63, 3.8) is 0 Å². The summed E-state index contributed by atoms with van der Waals surface area (Å²) in [7, 11) is 0. The van der Waals surface area contributed by atoms with Gasteiger partial charge >= 0.3 is 0 Å². The Morgan fingerprint density at radius 3 is 2.83 bits per heavy atom. The maximum atomic E-state index is 4.47. The zero-order valence-electron chi connectivity index (χ0n) is 13.4. The van der Waals surface area contributed by atoms with Crippen molar-refractivity contribution >= 4 is 5.82 Å². The third-order valence-corrected chi connectivity index (χ3v) is 5.23.